The average molecular weight is 410 g/mol. The van der Waals surface area contributed by atoms with Crippen LogP contribution in [0.5, 0.6) is 5.75 Å². The lowest BCUT2D eigenvalue weighted by molar-refractivity contribution is -0.123. The number of hydrogen-bond acceptors (Lipinski definition) is 5. The zero-order valence-corrected chi connectivity index (χ0v) is 13.6. The topological polar surface area (TPSA) is 52.9 Å². The SMILES string of the molecule is O=C1CSC(=S)N1/N=C/c1cc(Br)cc(Br)c1O. The summed E-state index contributed by atoms with van der Waals surface area (Å²) in [4.78, 5) is 11.4. The van der Waals surface area contributed by atoms with Crippen LogP contribution in [0.15, 0.2) is 26.2 Å². The number of amides is 1. The minimum absolute atomic E-state index is 0.0622. The summed E-state index contributed by atoms with van der Waals surface area (Å²) in [5.74, 6) is 0.214. The Hall–Kier alpha value is -0.440. The number of benzene rings is 1. The number of halogens is 2. The van der Waals surface area contributed by atoms with Crippen LogP contribution >= 0.6 is 55.8 Å². The van der Waals surface area contributed by atoms with E-state index in [0.717, 1.165) is 9.48 Å². The number of thiocarbonyl (C=S) groups is 1. The van der Waals surface area contributed by atoms with Crippen LogP contribution in [0.4, 0.5) is 0 Å². The van der Waals surface area contributed by atoms with Gasteiger partial charge in [0.05, 0.1) is 16.4 Å². The molecule has 2 rings (SSSR count). The van der Waals surface area contributed by atoms with Crippen LogP contribution in [0.1, 0.15) is 5.56 Å². The highest BCUT2D eigenvalue weighted by atomic mass is 79.9. The molecule has 1 aliphatic rings. The second-order valence-corrected chi connectivity index (χ2v) is 6.71. The van der Waals surface area contributed by atoms with E-state index in [4.69, 9.17) is 12.2 Å². The van der Waals surface area contributed by atoms with E-state index in [-0.39, 0.29) is 11.7 Å². The van der Waals surface area contributed by atoms with Gasteiger partial charge in [0.25, 0.3) is 5.91 Å². The van der Waals surface area contributed by atoms with Gasteiger partial charge in [-0.3, -0.25) is 4.79 Å². The molecular weight excluding hydrogens is 404 g/mol. The van der Waals surface area contributed by atoms with Gasteiger partial charge in [-0.15, -0.1) is 0 Å². The van der Waals surface area contributed by atoms with E-state index in [1.165, 1.54) is 18.0 Å². The fraction of sp³-hybridized carbons (Fsp3) is 0.100. The van der Waals surface area contributed by atoms with Crippen molar-refractivity contribution in [2.24, 2.45) is 5.10 Å². The van der Waals surface area contributed by atoms with Crippen molar-refractivity contribution in [1.82, 2.24) is 5.01 Å². The summed E-state index contributed by atoms with van der Waals surface area (Å²) in [5, 5.41) is 15.0. The lowest BCUT2D eigenvalue weighted by Gasteiger charge is -2.07. The van der Waals surface area contributed by atoms with Crippen molar-refractivity contribution in [3.05, 3.63) is 26.6 Å². The minimum atomic E-state index is -0.158. The summed E-state index contributed by atoms with van der Waals surface area (Å²) in [7, 11) is 0. The summed E-state index contributed by atoms with van der Waals surface area (Å²) in [6, 6.07) is 3.41. The first-order chi connectivity index (χ1) is 8.49. The molecule has 0 bridgehead atoms. The molecule has 0 saturated carbocycles. The molecule has 0 radical (unpaired) electrons. The molecule has 1 aliphatic heterocycles. The third kappa shape index (κ3) is 2.93. The maximum Gasteiger partial charge on any atom is 0.259 e. The number of phenolic OH excluding ortho intramolecular Hbond substituents is 1. The molecule has 1 fully saturated rings. The molecule has 0 unspecified atom stereocenters. The van der Waals surface area contributed by atoms with Crippen LogP contribution in [-0.2, 0) is 4.79 Å². The largest absolute Gasteiger partial charge is 0.506 e. The van der Waals surface area contributed by atoms with Gasteiger partial charge in [-0.05, 0) is 28.1 Å². The molecule has 1 N–H and O–H groups in total. The zero-order valence-electron chi connectivity index (χ0n) is 8.76. The first-order valence-corrected chi connectivity index (χ1v) is 7.68. The van der Waals surface area contributed by atoms with Gasteiger partial charge in [-0.2, -0.15) is 10.1 Å². The van der Waals surface area contributed by atoms with Crippen molar-refractivity contribution in [3.8, 4) is 5.75 Å². The van der Waals surface area contributed by atoms with E-state index in [1.54, 1.807) is 12.1 Å². The molecule has 0 aromatic heterocycles. The van der Waals surface area contributed by atoms with Crippen LogP contribution in [0, 0.1) is 0 Å². The average Bonchev–Trinajstić information content (AvgIpc) is 2.62. The third-order valence-electron chi connectivity index (χ3n) is 2.10. The highest BCUT2D eigenvalue weighted by molar-refractivity contribution is 9.11. The van der Waals surface area contributed by atoms with Gasteiger partial charge in [0.1, 0.15) is 5.75 Å². The molecule has 1 saturated heterocycles. The number of hydrazone groups is 1. The number of aromatic hydroxyl groups is 1. The predicted octanol–water partition coefficient (Wildman–Crippen LogP) is 3.11. The van der Waals surface area contributed by atoms with E-state index < -0.39 is 0 Å². The molecule has 18 heavy (non-hydrogen) atoms. The molecule has 94 valence electrons. The van der Waals surface area contributed by atoms with Gasteiger partial charge in [0.2, 0.25) is 0 Å². The van der Waals surface area contributed by atoms with E-state index in [2.05, 4.69) is 37.0 Å². The van der Waals surface area contributed by atoms with Crippen molar-refractivity contribution in [3.63, 3.8) is 0 Å². The molecule has 1 amide bonds. The molecule has 4 nitrogen and oxygen atoms in total. The van der Waals surface area contributed by atoms with Crippen LogP contribution in [0.3, 0.4) is 0 Å². The van der Waals surface area contributed by atoms with Gasteiger partial charge in [0.15, 0.2) is 4.32 Å². The van der Waals surface area contributed by atoms with Gasteiger partial charge in [0, 0.05) is 10.0 Å². The normalized spacial score (nSPS) is 16.0. The van der Waals surface area contributed by atoms with E-state index in [9.17, 15) is 9.90 Å². The predicted molar refractivity (Wildman–Crippen MR) is 83.0 cm³/mol. The maximum absolute atomic E-state index is 11.4. The first-order valence-electron chi connectivity index (χ1n) is 4.70. The van der Waals surface area contributed by atoms with Crippen LogP contribution in [0.25, 0.3) is 0 Å². The second-order valence-electron chi connectivity index (χ2n) is 3.33. The fourth-order valence-corrected chi connectivity index (χ4v) is 3.49. The third-order valence-corrected chi connectivity index (χ3v) is 4.50. The Labute approximate surface area is 130 Å². The van der Waals surface area contributed by atoms with Gasteiger partial charge >= 0.3 is 0 Å². The summed E-state index contributed by atoms with van der Waals surface area (Å²) < 4.78 is 1.76. The van der Waals surface area contributed by atoms with Gasteiger partial charge in [-0.25, -0.2) is 0 Å². The summed E-state index contributed by atoms with van der Waals surface area (Å²) >= 11 is 12.8. The highest BCUT2D eigenvalue weighted by Crippen LogP contribution is 2.31. The summed E-state index contributed by atoms with van der Waals surface area (Å²) in [6.45, 7) is 0. The number of hydrogen-bond donors (Lipinski definition) is 1. The van der Waals surface area contributed by atoms with Crippen LogP contribution in [-0.4, -0.2) is 32.3 Å². The number of phenols is 1. The first kappa shape index (κ1) is 14.0. The van der Waals surface area contributed by atoms with Crippen LogP contribution in [0.2, 0.25) is 0 Å². The van der Waals surface area contributed by atoms with Crippen molar-refractivity contribution < 1.29 is 9.90 Å². The molecule has 0 atom stereocenters. The number of carbonyl (C=O) groups is 1. The molecule has 1 aromatic rings. The van der Waals surface area contributed by atoms with Crippen molar-refractivity contribution in [2.75, 3.05) is 5.75 Å². The summed E-state index contributed by atoms with van der Waals surface area (Å²) in [6.07, 6.45) is 1.40. The molecular formula is C10H6Br2N2O2S2. The number of nitrogens with zero attached hydrogens (tertiary/aromatic N) is 2. The second kappa shape index (κ2) is 5.68. The maximum atomic E-state index is 11.4. The lowest BCUT2D eigenvalue weighted by atomic mass is 10.2. The Morgan fingerprint density at radius 1 is 1.50 bits per heavy atom. The Morgan fingerprint density at radius 2 is 2.22 bits per heavy atom. The number of carbonyl (C=O) groups excluding carboxylic acids is 1. The lowest BCUT2D eigenvalue weighted by Crippen LogP contribution is -2.22. The van der Waals surface area contributed by atoms with E-state index in [1.807, 2.05) is 0 Å². The van der Waals surface area contributed by atoms with Crippen molar-refractivity contribution in [2.45, 2.75) is 0 Å². The fourth-order valence-electron chi connectivity index (χ4n) is 1.26. The monoisotopic (exact) mass is 408 g/mol. The van der Waals surface area contributed by atoms with Crippen molar-refractivity contribution >= 4 is 72.3 Å². The van der Waals surface area contributed by atoms with E-state index >= 15 is 0 Å². The molecule has 0 aliphatic carbocycles. The molecule has 1 aromatic carbocycles. The van der Waals surface area contributed by atoms with Crippen LogP contribution < -0.4 is 0 Å². The zero-order chi connectivity index (χ0) is 13.3. The summed E-state index contributed by atoms with van der Waals surface area (Å²) in [5.41, 5.74) is 0.490. The Kier molecular flexibility index (Phi) is 4.41. The molecule has 1 heterocycles. The standard InChI is InChI=1S/C10H6Br2N2O2S2/c11-6-1-5(9(16)7(12)2-6)3-13-14-8(15)4-18-10(14)17/h1-3,16H,4H2/b13-3+. The number of thioether (sulfide) groups is 1. The highest BCUT2D eigenvalue weighted by Gasteiger charge is 2.26. The van der Waals surface area contributed by atoms with Crippen molar-refractivity contribution in [1.29, 1.82) is 0 Å². The molecule has 8 heteroatoms. The molecule has 0 spiro atoms. The quantitative estimate of drug-likeness (QED) is 0.602. The Bertz CT molecular complexity index is 547. The van der Waals surface area contributed by atoms with E-state index in [0.29, 0.717) is 20.1 Å². The van der Waals surface area contributed by atoms with Gasteiger partial charge in [-0.1, -0.05) is 39.9 Å². The van der Waals surface area contributed by atoms with Gasteiger partial charge < -0.3 is 5.11 Å². The minimum Gasteiger partial charge on any atom is -0.506 e. The Morgan fingerprint density at radius 3 is 2.83 bits per heavy atom. The Balaban J connectivity index is 2.29. The number of rotatable bonds is 2. The smallest absolute Gasteiger partial charge is 0.259 e.